The standard InChI is InChI=1S/C19H34N6O/c1-4-20-19(22-11-16-24-12-5-6-13-24)21-10-8-15-25-14-7-9-17(25)18(26)23(2)3/h5-6,12-13,17H,4,7-11,14-16H2,1-3H3,(H2,20,21,22). The predicted octanol–water partition coefficient (Wildman–Crippen LogP) is 0.986. The number of aromatic nitrogens is 1. The molecule has 0 bridgehead atoms. The molecule has 1 saturated heterocycles. The van der Waals surface area contributed by atoms with E-state index >= 15 is 0 Å². The van der Waals surface area contributed by atoms with Crippen LogP contribution in [0, 0.1) is 0 Å². The number of carbonyl (C=O) groups excluding carboxylic acids is 1. The van der Waals surface area contributed by atoms with Crippen molar-refractivity contribution in [2.45, 2.75) is 38.8 Å². The van der Waals surface area contributed by atoms with Crippen molar-refractivity contribution in [2.75, 3.05) is 46.8 Å². The van der Waals surface area contributed by atoms with E-state index in [4.69, 9.17) is 0 Å². The van der Waals surface area contributed by atoms with Crippen LogP contribution in [0.15, 0.2) is 29.5 Å². The molecule has 1 amide bonds. The van der Waals surface area contributed by atoms with Gasteiger partial charge in [0.05, 0.1) is 6.04 Å². The van der Waals surface area contributed by atoms with Crippen LogP contribution < -0.4 is 10.6 Å². The van der Waals surface area contributed by atoms with E-state index < -0.39 is 0 Å². The number of nitrogens with one attached hydrogen (secondary N) is 2. The van der Waals surface area contributed by atoms with Gasteiger partial charge in [0.2, 0.25) is 5.91 Å². The van der Waals surface area contributed by atoms with Gasteiger partial charge >= 0.3 is 0 Å². The molecule has 2 N–H and O–H groups in total. The van der Waals surface area contributed by atoms with E-state index in [1.165, 1.54) is 0 Å². The summed E-state index contributed by atoms with van der Waals surface area (Å²) < 4.78 is 2.14. The second-order valence-electron chi connectivity index (χ2n) is 6.89. The van der Waals surface area contributed by atoms with E-state index in [-0.39, 0.29) is 11.9 Å². The van der Waals surface area contributed by atoms with Gasteiger partial charge in [0.25, 0.3) is 0 Å². The summed E-state index contributed by atoms with van der Waals surface area (Å²) in [5.74, 6) is 1.09. The number of hydrogen-bond acceptors (Lipinski definition) is 3. The molecule has 0 radical (unpaired) electrons. The highest BCUT2D eigenvalue weighted by molar-refractivity contribution is 5.81. The van der Waals surface area contributed by atoms with Gasteiger partial charge in [0.1, 0.15) is 0 Å². The molecule has 0 spiro atoms. The monoisotopic (exact) mass is 362 g/mol. The molecule has 7 nitrogen and oxygen atoms in total. The Kier molecular flexibility index (Phi) is 8.47. The fraction of sp³-hybridized carbons (Fsp3) is 0.684. The van der Waals surface area contributed by atoms with Crippen molar-refractivity contribution >= 4 is 11.9 Å². The molecule has 2 rings (SSSR count). The van der Waals surface area contributed by atoms with E-state index in [0.29, 0.717) is 0 Å². The highest BCUT2D eigenvalue weighted by atomic mass is 16.2. The molecule has 1 fully saturated rings. The molecule has 0 aliphatic carbocycles. The zero-order valence-electron chi connectivity index (χ0n) is 16.4. The van der Waals surface area contributed by atoms with E-state index in [1.54, 1.807) is 4.90 Å². The summed E-state index contributed by atoms with van der Waals surface area (Å²) in [5.41, 5.74) is 0. The third-order valence-electron chi connectivity index (χ3n) is 4.64. The van der Waals surface area contributed by atoms with Crippen molar-refractivity contribution in [3.8, 4) is 0 Å². The Morgan fingerprint density at radius 3 is 2.69 bits per heavy atom. The van der Waals surface area contributed by atoms with Crippen molar-refractivity contribution in [1.82, 2.24) is 25.0 Å². The summed E-state index contributed by atoms with van der Waals surface area (Å²) in [6.45, 7) is 7.38. The second kappa shape index (κ2) is 10.9. The molecule has 7 heteroatoms. The van der Waals surface area contributed by atoms with Gasteiger partial charge < -0.3 is 20.1 Å². The number of likely N-dealkylation sites (N-methyl/N-ethyl adjacent to an activating group) is 1. The highest BCUT2D eigenvalue weighted by Gasteiger charge is 2.30. The van der Waals surface area contributed by atoms with Crippen molar-refractivity contribution in [3.05, 3.63) is 24.5 Å². The van der Waals surface area contributed by atoms with E-state index in [1.807, 2.05) is 26.2 Å². The summed E-state index contributed by atoms with van der Waals surface area (Å²) in [6.07, 6.45) is 7.17. The number of rotatable bonds is 9. The minimum absolute atomic E-state index is 0.0573. The van der Waals surface area contributed by atoms with Crippen LogP contribution >= 0.6 is 0 Å². The van der Waals surface area contributed by atoms with Crippen LogP contribution in [-0.2, 0) is 11.3 Å². The first-order valence-electron chi connectivity index (χ1n) is 9.70. The molecule has 1 aliphatic rings. The average Bonchev–Trinajstić information content (AvgIpc) is 3.29. The van der Waals surface area contributed by atoms with Crippen LogP contribution in [0.2, 0.25) is 0 Å². The number of aliphatic imine (C=N–C) groups is 1. The number of hydrogen-bond donors (Lipinski definition) is 2. The van der Waals surface area contributed by atoms with Gasteiger partial charge in [-0.3, -0.25) is 14.7 Å². The molecular weight excluding hydrogens is 328 g/mol. The molecule has 1 unspecified atom stereocenters. The predicted molar refractivity (Wildman–Crippen MR) is 106 cm³/mol. The molecule has 1 aromatic heterocycles. The lowest BCUT2D eigenvalue weighted by molar-refractivity contribution is -0.133. The number of guanidine groups is 1. The third kappa shape index (κ3) is 6.37. The minimum atomic E-state index is 0.0573. The zero-order chi connectivity index (χ0) is 18.8. The second-order valence-corrected chi connectivity index (χ2v) is 6.89. The highest BCUT2D eigenvalue weighted by Crippen LogP contribution is 2.18. The van der Waals surface area contributed by atoms with E-state index in [2.05, 4.69) is 44.4 Å². The SMILES string of the molecule is CCNC(=NCCCN1CCCC1C(=O)N(C)C)NCCn1cccc1. The van der Waals surface area contributed by atoms with E-state index in [0.717, 1.165) is 64.5 Å². The maximum absolute atomic E-state index is 12.2. The summed E-state index contributed by atoms with van der Waals surface area (Å²) in [6, 6.07) is 4.12. The van der Waals surface area contributed by atoms with Crippen molar-refractivity contribution < 1.29 is 4.79 Å². The van der Waals surface area contributed by atoms with Crippen LogP contribution in [-0.4, -0.2) is 79.1 Å². The van der Waals surface area contributed by atoms with Gasteiger partial charge in [-0.1, -0.05) is 0 Å². The molecule has 0 saturated carbocycles. The molecule has 1 atom stereocenters. The fourth-order valence-corrected chi connectivity index (χ4v) is 3.30. The first kappa shape index (κ1) is 20.3. The van der Waals surface area contributed by atoms with Crippen molar-refractivity contribution in [1.29, 1.82) is 0 Å². The molecule has 1 aromatic rings. The normalized spacial score (nSPS) is 18.1. The first-order valence-corrected chi connectivity index (χ1v) is 9.70. The largest absolute Gasteiger partial charge is 0.357 e. The van der Waals surface area contributed by atoms with Crippen molar-refractivity contribution in [3.63, 3.8) is 0 Å². The molecule has 146 valence electrons. The van der Waals surface area contributed by atoms with Crippen LogP contribution in [0.4, 0.5) is 0 Å². The van der Waals surface area contributed by atoms with Crippen LogP contribution in [0.1, 0.15) is 26.2 Å². The summed E-state index contributed by atoms with van der Waals surface area (Å²) in [4.78, 5) is 20.9. The number of nitrogens with zero attached hydrogens (tertiary/aromatic N) is 4. The molecule has 0 aromatic carbocycles. The minimum Gasteiger partial charge on any atom is -0.357 e. The molecular formula is C19H34N6O. The van der Waals surface area contributed by atoms with Gasteiger partial charge in [0, 0.05) is 59.2 Å². The Morgan fingerprint density at radius 2 is 2.00 bits per heavy atom. The maximum Gasteiger partial charge on any atom is 0.239 e. The molecule has 1 aliphatic heterocycles. The summed E-state index contributed by atoms with van der Waals surface area (Å²) in [7, 11) is 3.68. The summed E-state index contributed by atoms with van der Waals surface area (Å²) in [5, 5.41) is 6.66. The van der Waals surface area contributed by atoms with E-state index in [9.17, 15) is 4.79 Å². The first-order chi connectivity index (χ1) is 12.6. The smallest absolute Gasteiger partial charge is 0.239 e. The fourth-order valence-electron chi connectivity index (χ4n) is 3.30. The average molecular weight is 363 g/mol. The maximum atomic E-state index is 12.2. The van der Waals surface area contributed by atoms with Gasteiger partial charge in [0.15, 0.2) is 5.96 Å². The Morgan fingerprint density at radius 1 is 1.23 bits per heavy atom. The Balaban J connectivity index is 1.72. The number of likely N-dealkylation sites (tertiary alicyclic amines) is 1. The lowest BCUT2D eigenvalue weighted by Gasteiger charge is -2.25. The number of amides is 1. The van der Waals surface area contributed by atoms with Crippen LogP contribution in [0.5, 0.6) is 0 Å². The molecule has 26 heavy (non-hydrogen) atoms. The topological polar surface area (TPSA) is 64.9 Å². The van der Waals surface area contributed by atoms with Gasteiger partial charge in [-0.25, -0.2) is 0 Å². The Labute approximate surface area is 157 Å². The van der Waals surface area contributed by atoms with Gasteiger partial charge in [-0.2, -0.15) is 0 Å². The summed E-state index contributed by atoms with van der Waals surface area (Å²) >= 11 is 0. The lowest BCUT2D eigenvalue weighted by Crippen LogP contribution is -2.43. The Bertz CT molecular complexity index is 554. The van der Waals surface area contributed by atoms with Gasteiger partial charge in [-0.15, -0.1) is 0 Å². The van der Waals surface area contributed by atoms with Crippen molar-refractivity contribution in [2.24, 2.45) is 4.99 Å². The lowest BCUT2D eigenvalue weighted by atomic mass is 10.2. The molecule has 2 heterocycles. The van der Waals surface area contributed by atoms with Gasteiger partial charge in [-0.05, 0) is 44.9 Å². The quantitative estimate of drug-likeness (QED) is 0.391. The number of carbonyl (C=O) groups is 1. The van der Waals surface area contributed by atoms with Crippen LogP contribution in [0.3, 0.4) is 0 Å². The zero-order valence-corrected chi connectivity index (χ0v) is 16.4. The van der Waals surface area contributed by atoms with Crippen LogP contribution in [0.25, 0.3) is 0 Å². The third-order valence-corrected chi connectivity index (χ3v) is 4.64. The Hall–Kier alpha value is -2.02.